The van der Waals surface area contributed by atoms with Gasteiger partial charge in [0, 0.05) is 12.2 Å². The molecule has 0 saturated heterocycles. The van der Waals surface area contributed by atoms with Gasteiger partial charge in [-0.1, -0.05) is 30.1 Å². The molecular formula is C12H16Cl2N2. The Bertz CT molecular complexity index is 360. The van der Waals surface area contributed by atoms with Gasteiger partial charge in [0.25, 0.3) is 0 Å². The number of aromatic nitrogens is 1. The van der Waals surface area contributed by atoms with Crippen LogP contribution in [0.2, 0.25) is 10.0 Å². The van der Waals surface area contributed by atoms with Crippen molar-refractivity contribution in [3.05, 3.63) is 22.3 Å². The van der Waals surface area contributed by atoms with E-state index in [2.05, 4.69) is 17.2 Å². The normalized spacial score (nSPS) is 25.4. The summed E-state index contributed by atoms with van der Waals surface area (Å²) < 4.78 is 0. The van der Waals surface area contributed by atoms with Gasteiger partial charge in [0.15, 0.2) is 0 Å². The van der Waals surface area contributed by atoms with Crippen LogP contribution in [0.1, 0.15) is 32.6 Å². The highest BCUT2D eigenvalue weighted by Crippen LogP contribution is 2.28. The molecule has 1 heterocycles. The van der Waals surface area contributed by atoms with Crippen molar-refractivity contribution in [2.45, 2.75) is 38.6 Å². The Balaban J connectivity index is 1.98. The first-order chi connectivity index (χ1) is 7.65. The van der Waals surface area contributed by atoms with E-state index in [1.807, 2.05) is 0 Å². The van der Waals surface area contributed by atoms with E-state index in [-0.39, 0.29) is 0 Å². The second-order valence-corrected chi connectivity index (χ2v) is 5.43. The summed E-state index contributed by atoms with van der Waals surface area (Å²) in [5.74, 6) is 1.61. The molecule has 1 aliphatic carbocycles. The molecule has 0 atom stereocenters. The summed E-state index contributed by atoms with van der Waals surface area (Å²) in [5, 5.41) is 4.57. The first-order valence-electron chi connectivity index (χ1n) is 5.72. The van der Waals surface area contributed by atoms with E-state index in [1.165, 1.54) is 25.7 Å². The zero-order chi connectivity index (χ0) is 11.5. The van der Waals surface area contributed by atoms with Crippen LogP contribution in [-0.4, -0.2) is 11.0 Å². The summed E-state index contributed by atoms with van der Waals surface area (Å²) in [7, 11) is 0. The van der Waals surface area contributed by atoms with Crippen LogP contribution in [0.5, 0.6) is 0 Å². The van der Waals surface area contributed by atoms with Crippen molar-refractivity contribution in [3.63, 3.8) is 0 Å². The molecule has 2 rings (SSSR count). The van der Waals surface area contributed by atoms with Gasteiger partial charge in [-0.15, -0.1) is 0 Å². The van der Waals surface area contributed by atoms with E-state index in [9.17, 15) is 0 Å². The molecule has 1 saturated carbocycles. The van der Waals surface area contributed by atoms with Crippen molar-refractivity contribution in [3.8, 4) is 0 Å². The average molecular weight is 259 g/mol. The number of hydrogen-bond donors (Lipinski definition) is 1. The van der Waals surface area contributed by atoms with E-state index in [4.69, 9.17) is 23.2 Å². The summed E-state index contributed by atoms with van der Waals surface area (Å²) >= 11 is 11.9. The highest BCUT2D eigenvalue weighted by molar-refractivity contribution is 6.35. The minimum absolute atomic E-state index is 0.502. The molecule has 1 aromatic rings. The monoisotopic (exact) mass is 258 g/mol. The van der Waals surface area contributed by atoms with Gasteiger partial charge in [0.1, 0.15) is 5.82 Å². The number of hydrogen-bond acceptors (Lipinski definition) is 2. The third-order valence-electron chi connectivity index (χ3n) is 3.16. The van der Waals surface area contributed by atoms with Crippen LogP contribution in [0.3, 0.4) is 0 Å². The zero-order valence-electron chi connectivity index (χ0n) is 9.34. The quantitative estimate of drug-likeness (QED) is 0.852. The fourth-order valence-electron chi connectivity index (χ4n) is 2.12. The maximum atomic E-state index is 6.07. The molecule has 0 aliphatic heterocycles. The van der Waals surface area contributed by atoms with Crippen LogP contribution in [0.4, 0.5) is 5.82 Å². The fraction of sp³-hybridized carbons (Fsp3) is 0.583. The minimum atomic E-state index is 0.502. The Kier molecular flexibility index (Phi) is 3.93. The predicted molar refractivity (Wildman–Crippen MR) is 69.3 cm³/mol. The van der Waals surface area contributed by atoms with Crippen molar-refractivity contribution < 1.29 is 0 Å². The SMILES string of the molecule is CC1CCC(Nc2ncc(Cl)cc2Cl)CC1. The number of anilines is 1. The van der Waals surface area contributed by atoms with Crippen molar-refractivity contribution in [2.75, 3.05) is 5.32 Å². The molecule has 0 radical (unpaired) electrons. The van der Waals surface area contributed by atoms with Crippen LogP contribution in [0, 0.1) is 5.92 Å². The highest BCUT2D eigenvalue weighted by Gasteiger charge is 2.18. The Morgan fingerprint density at radius 1 is 1.25 bits per heavy atom. The second-order valence-electron chi connectivity index (χ2n) is 4.59. The molecule has 88 valence electrons. The first-order valence-corrected chi connectivity index (χ1v) is 6.48. The molecule has 1 aromatic heterocycles. The number of nitrogens with zero attached hydrogens (tertiary/aromatic N) is 1. The van der Waals surface area contributed by atoms with E-state index in [0.29, 0.717) is 16.1 Å². The van der Waals surface area contributed by atoms with Crippen LogP contribution in [-0.2, 0) is 0 Å². The summed E-state index contributed by atoms with van der Waals surface area (Å²) in [5.41, 5.74) is 0. The van der Waals surface area contributed by atoms with Crippen LogP contribution in [0.25, 0.3) is 0 Å². The molecule has 1 fully saturated rings. The van der Waals surface area contributed by atoms with Crippen molar-refractivity contribution >= 4 is 29.0 Å². The fourth-order valence-corrected chi connectivity index (χ4v) is 2.55. The molecule has 2 nitrogen and oxygen atoms in total. The number of halogens is 2. The molecule has 16 heavy (non-hydrogen) atoms. The van der Waals surface area contributed by atoms with Crippen molar-refractivity contribution in [1.82, 2.24) is 4.98 Å². The van der Waals surface area contributed by atoms with Crippen molar-refractivity contribution in [2.24, 2.45) is 5.92 Å². The Labute approximate surface area is 106 Å². The molecule has 1 N–H and O–H groups in total. The molecule has 0 amide bonds. The van der Waals surface area contributed by atoms with Gasteiger partial charge in [-0.25, -0.2) is 4.98 Å². The minimum Gasteiger partial charge on any atom is -0.366 e. The smallest absolute Gasteiger partial charge is 0.145 e. The van der Waals surface area contributed by atoms with Crippen LogP contribution >= 0.6 is 23.2 Å². The van der Waals surface area contributed by atoms with Gasteiger partial charge < -0.3 is 5.32 Å². The van der Waals surface area contributed by atoms with Gasteiger partial charge in [0.05, 0.1) is 10.0 Å². The molecule has 0 bridgehead atoms. The van der Waals surface area contributed by atoms with E-state index >= 15 is 0 Å². The van der Waals surface area contributed by atoms with Gasteiger partial charge >= 0.3 is 0 Å². The maximum absolute atomic E-state index is 6.07. The predicted octanol–water partition coefficient (Wildman–Crippen LogP) is 4.38. The lowest BCUT2D eigenvalue weighted by Crippen LogP contribution is -2.25. The molecule has 0 aromatic carbocycles. The highest BCUT2D eigenvalue weighted by atomic mass is 35.5. The third kappa shape index (κ3) is 3.02. The van der Waals surface area contributed by atoms with E-state index in [0.717, 1.165) is 11.7 Å². The molecule has 0 spiro atoms. The lowest BCUT2D eigenvalue weighted by atomic mass is 9.87. The van der Waals surface area contributed by atoms with Gasteiger partial charge in [-0.05, 0) is 37.7 Å². The lowest BCUT2D eigenvalue weighted by Gasteiger charge is -2.27. The summed E-state index contributed by atoms with van der Waals surface area (Å²) in [4.78, 5) is 4.22. The molecular weight excluding hydrogens is 243 g/mol. The largest absolute Gasteiger partial charge is 0.366 e. The first kappa shape index (κ1) is 12.0. The molecule has 4 heteroatoms. The topological polar surface area (TPSA) is 24.9 Å². The molecule has 0 unspecified atom stereocenters. The number of nitrogens with one attached hydrogen (secondary N) is 1. The summed E-state index contributed by atoms with van der Waals surface area (Å²) in [6.45, 7) is 2.31. The number of rotatable bonds is 2. The average Bonchev–Trinajstić information content (AvgIpc) is 2.25. The zero-order valence-corrected chi connectivity index (χ0v) is 10.9. The second kappa shape index (κ2) is 5.24. The maximum Gasteiger partial charge on any atom is 0.145 e. The number of pyridine rings is 1. The summed E-state index contributed by atoms with van der Waals surface area (Å²) in [6.07, 6.45) is 6.58. The van der Waals surface area contributed by atoms with Crippen molar-refractivity contribution in [1.29, 1.82) is 0 Å². The van der Waals surface area contributed by atoms with Gasteiger partial charge in [-0.2, -0.15) is 0 Å². The van der Waals surface area contributed by atoms with Crippen LogP contribution in [0.15, 0.2) is 12.3 Å². The van der Waals surface area contributed by atoms with Crippen LogP contribution < -0.4 is 5.32 Å². The van der Waals surface area contributed by atoms with E-state index in [1.54, 1.807) is 12.3 Å². The standard InChI is InChI=1S/C12H16Cl2N2/c1-8-2-4-10(5-3-8)16-12-11(14)6-9(13)7-15-12/h6-8,10H,2-5H2,1H3,(H,15,16). The lowest BCUT2D eigenvalue weighted by molar-refractivity contribution is 0.361. The molecule has 1 aliphatic rings. The van der Waals surface area contributed by atoms with Gasteiger partial charge in [0.2, 0.25) is 0 Å². The Morgan fingerprint density at radius 3 is 2.56 bits per heavy atom. The summed E-state index contributed by atoms with van der Waals surface area (Å²) in [6, 6.07) is 2.23. The third-order valence-corrected chi connectivity index (χ3v) is 3.66. The Morgan fingerprint density at radius 2 is 1.94 bits per heavy atom. The van der Waals surface area contributed by atoms with Gasteiger partial charge in [-0.3, -0.25) is 0 Å². The van der Waals surface area contributed by atoms with E-state index < -0.39 is 0 Å². The Hall–Kier alpha value is -0.470.